The number of esters is 1. The lowest BCUT2D eigenvalue weighted by molar-refractivity contribution is -0.928. The Morgan fingerprint density at radius 1 is 0.500 bits per heavy atom. The van der Waals surface area contributed by atoms with Crippen LogP contribution in [-0.4, -0.2) is 50.5 Å². The first-order valence-electron chi connectivity index (χ1n) is 20.3. The van der Waals surface area contributed by atoms with E-state index in [1.54, 1.807) is 0 Å². The Labute approximate surface area is 289 Å². The molecule has 272 valence electrons. The Bertz CT molecular complexity index is 686. The molecule has 0 N–H and O–H groups in total. The van der Waals surface area contributed by atoms with Crippen LogP contribution in [0.15, 0.2) is 24.3 Å². The molecule has 0 aromatic heterocycles. The molecule has 0 aromatic rings. The summed E-state index contributed by atoms with van der Waals surface area (Å²) in [4.78, 5) is 12.5. The van der Waals surface area contributed by atoms with E-state index in [9.17, 15) is 4.79 Å². The molecule has 46 heavy (non-hydrogen) atoms. The van der Waals surface area contributed by atoms with Crippen molar-refractivity contribution in [2.75, 3.05) is 33.9 Å². The Hall–Kier alpha value is -1.13. The molecule has 0 aliphatic carbocycles. The summed E-state index contributed by atoms with van der Waals surface area (Å²) in [5.41, 5.74) is 0. The van der Waals surface area contributed by atoms with Crippen molar-refractivity contribution in [2.45, 2.75) is 207 Å². The molecule has 0 aliphatic rings. The molecule has 0 heterocycles. The van der Waals surface area contributed by atoms with Crippen molar-refractivity contribution in [1.29, 1.82) is 0 Å². The molecule has 4 heteroatoms. The average molecular weight is 649 g/mol. The van der Waals surface area contributed by atoms with E-state index in [1.807, 2.05) is 0 Å². The van der Waals surface area contributed by atoms with Crippen LogP contribution in [0.3, 0.4) is 0 Å². The second kappa shape index (κ2) is 35.2. The van der Waals surface area contributed by atoms with E-state index in [4.69, 9.17) is 9.47 Å². The number of likely N-dealkylation sites (N-methyl/N-ethyl adjacent to an activating group) is 1. The molecule has 0 radical (unpaired) electrons. The van der Waals surface area contributed by atoms with Crippen molar-refractivity contribution in [3.8, 4) is 0 Å². The van der Waals surface area contributed by atoms with Gasteiger partial charge >= 0.3 is 5.97 Å². The number of carbonyl (C=O) groups excluding carboxylic acids is 1. The molecule has 0 fully saturated rings. The third kappa shape index (κ3) is 32.8. The van der Waals surface area contributed by atoms with E-state index in [0.29, 0.717) is 17.6 Å². The van der Waals surface area contributed by atoms with E-state index in [0.717, 1.165) is 25.9 Å². The Morgan fingerprint density at radius 2 is 0.826 bits per heavy atom. The molecule has 0 saturated heterocycles. The van der Waals surface area contributed by atoms with Gasteiger partial charge in [-0.05, 0) is 64.2 Å². The number of carbonyl (C=O) groups is 1. The van der Waals surface area contributed by atoms with Crippen molar-refractivity contribution < 1.29 is 18.8 Å². The average Bonchev–Trinajstić information content (AvgIpc) is 3.03. The highest BCUT2D eigenvalue weighted by molar-refractivity contribution is 5.70. The maximum absolute atomic E-state index is 12.5. The molecular formula is C42H82NO3+. The third-order valence-electron chi connectivity index (χ3n) is 9.46. The molecule has 4 nitrogen and oxygen atoms in total. The van der Waals surface area contributed by atoms with E-state index < -0.39 is 0 Å². The standard InChI is InChI=1S/C42H82NO3/c1-6-8-10-12-14-16-18-20-22-24-26-28-30-32-34-36-38-45-41(3)43(4,5)40-42(44)46-39-37-35-33-31-29-27-25-23-21-19-17-15-13-11-9-7-2/h20-23,41H,6-19,24-40H2,1-5H3/q+1. The van der Waals surface area contributed by atoms with Gasteiger partial charge in [0.05, 0.1) is 27.3 Å². The van der Waals surface area contributed by atoms with Gasteiger partial charge < -0.3 is 9.47 Å². The minimum Gasteiger partial charge on any atom is -0.462 e. The SMILES string of the molecule is CCCCCCCCC=CCCCCCCCCOC(=O)C[N+](C)(C)C(C)OCCCCCCCCC=CCCCCCCCC. The summed E-state index contributed by atoms with van der Waals surface area (Å²) >= 11 is 0. The van der Waals surface area contributed by atoms with Crippen LogP contribution in [-0.2, 0) is 14.3 Å². The van der Waals surface area contributed by atoms with Gasteiger partial charge in [0.25, 0.3) is 0 Å². The molecule has 0 rings (SSSR count). The maximum atomic E-state index is 12.5. The summed E-state index contributed by atoms with van der Waals surface area (Å²) in [7, 11) is 4.13. The van der Waals surface area contributed by atoms with E-state index in [2.05, 4.69) is 59.2 Å². The quantitative estimate of drug-likeness (QED) is 0.0223. The molecule has 1 unspecified atom stereocenters. The fourth-order valence-electron chi connectivity index (χ4n) is 5.85. The lowest BCUT2D eigenvalue weighted by Gasteiger charge is -2.34. The topological polar surface area (TPSA) is 35.5 Å². The zero-order chi connectivity index (χ0) is 33.8. The molecule has 0 amide bonds. The van der Waals surface area contributed by atoms with Crippen LogP contribution in [0.4, 0.5) is 0 Å². The molecule has 0 aliphatic heterocycles. The number of ether oxygens (including phenoxy) is 2. The second-order valence-electron chi connectivity index (χ2n) is 14.5. The van der Waals surface area contributed by atoms with Gasteiger partial charge in [0.1, 0.15) is 0 Å². The molecular weight excluding hydrogens is 566 g/mol. The predicted octanol–water partition coefficient (Wildman–Crippen LogP) is 13.0. The minimum absolute atomic E-state index is 0.0129. The second-order valence-corrected chi connectivity index (χ2v) is 14.5. The van der Waals surface area contributed by atoms with Crippen LogP contribution >= 0.6 is 0 Å². The number of nitrogens with zero attached hydrogens (tertiary/aromatic N) is 1. The Kier molecular flexibility index (Phi) is 34.3. The van der Waals surface area contributed by atoms with Gasteiger partial charge in [-0.3, -0.25) is 4.48 Å². The first-order chi connectivity index (χ1) is 22.4. The monoisotopic (exact) mass is 649 g/mol. The number of unbranched alkanes of at least 4 members (excludes halogenated alkanes) is 24. The summed E-state index contributed by atoms with van der Waals surface area (Å²) in [6.07, 6.45) is 46.0. The van der Waals surface area contributed by atoms with Crippen LogP contribution < -0.4 is 0 Å². The summed E-state index contributed by atoms with van der Waals surface area (Å²) in [5.74, 6) is -0.106. The molecule has 0 bridgehead atoms. The fraction of sp³-hybridized carbons (Fsp3) is 0.881. The van der Waals surface area contributed by atoms with Gasteiger partial charge in [-0.25, -0.2) is 4.79 Å². The first-order valence-corrected chi connectivity index (χ1v) is 20.3. The Balaban J connectivity index is 3.57. The molecule has 1 atom stereocenters. The number of quaternary nitrogens is 1. The normalized spacial score (nSPS) is 12.9. The largest absolute Gasteiger partial charge is 0.462 e. The van der Waals surface area contributed by atoms with E-state index >= 15 is 0 Å². The van der Waals surface area contributed by atoms with Gasteiger partial charge in [-0.2, -0.15) is 0 Å². The third-order valence-corrected chi connectivity index (χ3v) is 9.46. The molecule has 0 aromatic carbocycles. The van der Waals surface area contributed by atoms with Gasteiger partial charge in [0.2, 0.25) is 0 Å². The van der Waals surface area contributed by atoms with Gasteiger partial charge in [-0.15, -0.1) is 0 Å². The highest BCUT2D eigenvalue weighted by atomic mass is 16.5. The summed E-state index contributed by atoms with van der Waals surface area (Å²) in [6.45, 7) is 8.32. The predicted molar refractivity (Wildman–Crippen MR) is 202 cm³/mol. The van der Waals surface area contributed by atoms with Crippen LogP contribution in [0.5, 0.6) is 0 Å². The zero-order valence-electron chi connectivity index (χ0n) is 32.0. The van der Waals surface area contributed by atoms with Gasteiger partial charge in [0.15, 0.2) is 12.8 Å². The van der Waals surface area contributed by atoms with Crippen LogP contribution in [0, 0.1) is 0 Å². The summed E-state index contributed by atoms with van der Waals surface area (Å²) in [5, 5.41) is 0. The molecule has 0 saturated carbocycles. The fourth-order valence-corrected chi connectivity index (χ4v) is 5.85. The van der Waals surface area contributed by atoms with Crippen LogP contribution in [0.25, 0.3) is 0 Å². The van der Waals surface area contributed by atoms with Gasteiger partial charge in [0, 0.05) is 6.92 Å². The highest BCUT2D eigenvalue weighted by Crippen LogP contribution is 2.14. The van der Waals surface area contributed by atoms with E-state index in [1.165, 1.54) is 161 Å². The minimum atomic E-state index is -0.106. The number of hydrogen-bond acceptors (Lipinski definition) is 3. The summed E-state index contributed by atoms with van der Waals surface area (Å²) in [6, 6.07) is 0. The number of allylic oxidation sites excluding steroid dienone is 4. The number of rotatable bonds is 36. The lowest BCUT2D eigenvalue weighted by atomic mass is 10.1. The summed E-state index contributed by atoms with van der Waals surface area (Å²) < 4.78 is 12.2. The van der Waals surface area contributed by atoms with Crippen molar-refractivity contribution in [2.24, 2.45) is 0 Å². The van der Waals surface area contributed by atoms with Crippen molar-refractivity contribution in [3.63, 3.8) is 0 Å². The van der Waals surface area contributed by atoms with Crippen LogP contribution in [0.1, 0.15) is 201 Å². The highest BCUT2D eigenvalue weighted by Gasteiger charge is 2.28. The van der Waals surface area contributed by atoms with Gasteiger partial charge in [-0.1, -0.05) is 154 Å². The maximum Gasteiger partial charge on any atom is 0.361 e. The number of hydrogen-bond donors (Lipinski definition) is 0. The van der Waals surface area contributed by atoms with Crippen LogP contribution in [0.2, 0.25) is 0 Å². The first kappa shape index (κ1) is 44.9. The van der Waals surface area contributed by atoms with E-state index in [-0.39, 0.29) is 12.2 Å². The smallest absolute Gasteiger partial charge is 0.361 e. The molecule has 0 spiro atoms. The van der Waals surface area contributed by atoms with Crippen molar-refractivity contribution >= 4 is 5.97 Å². The Morgan fingerprint density at radius 3 is 1.22 bits per heavy atom. The lowest BCUT2D eigenvalue weighted by Crippen LogP contribution is -2.52. The van der Waals surface area contributed by atoms with Crippen molar-refractivity contribution in [1.82, 2.24) is 0 Å². The zero-order valence-corrected chi connectivity index (χ0v) is 32.0. The van der Waals surface area contributed by atoms with Crippen molar-refractivity contribution in [3.05, 3.63) is 24.3 Å².